The number of nitrogens with one attached hydrogen (secondary N) is 2. The van der Waals surface area contributed by atoms with E-state index in [1.807, 2.05) is 25.1 Å². The quantitative estimate of drug-likeness (QED) is 0.463. The molecule has 0 spiro atoms. The second kappa shape index (κ2) is 9.57. The number of rotatable bonds is 6. The fourth-order valence-electron chi connectivity index (χ4n) is 6.05. The molecular weight excluding hydrogens is 426 g/mol. The summed E-state index contributed by atoms with van der Waals surface area (Å²) < 4.78 is 5.12. The Kier molecular flexibility index (Phi) is 6.90. The van der Waals surface area contributed by atoms with Crippen LogP contribution in [0.2, 0.25) is 0 Å². The van der Waals surface area contributed by atoms with Crippen LogP contribution in [-0.2, 0) is 9.53 Å². The molecule has 2 N–H and O–H groups in total. The van der Waals surface area contributed by atoms with Gasteiger partial charge in [-0.15, -0.1) is 0 Å². The van der Waals surface area contributed by atoms with E-state index in [2.05, 4.69) is 42.9 Å². The third-order valence-corrected chi connectivity index (χ3v) is 8.13. The molecule has 1 fully saturated rings. The van der Waals surface area contributed by atoms with Crippen molar-refractivity contribution in [3.05, 3.63) is 46.2 Å². The minimum atomic E-state index is -0.325. The van der Waals surface area contributed by atoms with Crippen molar-refractivity contribution >= 4 is 22.8 Å². The highest BCUT2D eigenvalue weighted by Gasteiger charge is 2.39. The predicted octanol–water partition coefficient (Wildman–Crippen LogP) is 5.05. The van der Waals surface area contributed by atoms with E-state index in [4.69, 9.17) is 4.74 Å². The number of methoxy groups -OCH3 is 1. The molecule has 2 atom stereocenters. The van der Waals surface area contributed by atoms with E-state index >= 15 is 0 Å². The van der Waals surface area contributed by atoms with Crippen LogP contribution in [0, 0.1) is 19.3 Å². The summed E-state index contributed by atoms with van der Waals surface area (Å²) in [6.45, 7) is 12.5. The number of para-hydroxylation sites is 1. The molecule has 1 aliphatic heterocycles. The zero-order valence-corrected chi connectivity index (χ0v) is 21.5. The number of esters is 1. The fraction of sp³-hybridized carbons (Fsp3) is 0.571. The number of likely N-dealkylation sites (tertiary alicyclic amines) is 1. The summed E-state index contributed by atoms with van der Waals surface area (Å²) in [4.78, 5) is 31.4. The topological polar surface area (TPSA) is 74.4 Å². The van der Waals surface area contributed by atoms with Crippen LogP contribution in [-0.4, -0.2) is 54.0 Å². The monoisotopic (exact) mass is 465 g/mol. The van der Waals surface area contributed by atoms with Gasteiger partial charge < -0.3 is 15.0 Å². The number of amides is 1. The number of allylic oxidation sites excluding steroid dienone is 1. The molecular formula is C28H39N3O3. The van der Waals surface area contributed by atoms with E-state index in [1.165, 1.54) is 37.5 Å². The summed E-state index contributed by atoms with van der Waals surface area (Å²) in [6, 6.07) is 5.40. The van der Waals surface area contributed by atoms with Crippen LogP contribution in [0.1, 0.15) is 74.5 Å². The number of aromatic nitrogens is 1. The van der Waals surface area contributed by atoms with Gasteiger partial charge in [0.15, 0.2) is 0 Å². The molecule has 184 valence electrons. The lowest BCUT2D eigenvalue weighted by Crippen LogP contribution is -2.39. The molecule has 0 bridgehead atoms. The number of benzene rings is 1. The Morgan fingerprint density at radius 1 is 1.24 bits per heavy atom. The average Bonchev–Trinajstić information content (AvgIpc) is 3.32. The maximum Gasteiger partial charge on any atom is 0.323 e. The van der Waals surface area contributed by atoms with Crippen LogP contribution in [0.4, 0.5) is 0 Å². The molecule has 1 saturated heterocycles. The lowest BCUT2D eigenvalue weighted by molar-refractivity contribution is -0.145. The van der Waals surface area contributed by atoms with E-state index in [0.717, 1.165) is 35.1 Å². The zero-order chi connectivity index (χ0) is 24.6. The number of aromatic amines is 1. The molecule has 0 radical (unpaired) electrons. The van der Waals surface area contributed by atoms with E-state index in [-0.39, 0.29) is 29.4 Å². The SMILES string of the molecule is COC(=O)[C@@H]1C[C@@H](NC(=O)c2cccc3c(C)c(C)[nH]c23)CN1CCC1=C(C)CCCC1(C)C. The van der Waals surface area contributed by atoms with Gasteiger partial charge in [-0.3, -0.25) is 14.5 Å². The number of aryl methyl sites for hydroxylation is 2. The molecule has 0 unspecified atom stereocenters. The van der Waals surface area contributed by atoms with Gasteiger partial charge in [0.05, 0.1) is 18.2 Å². The normalized spacial score (nSPS) is 22.9. The van der Waals surface area contributed by atoms with Gasteiger partial charge in [-0.25, -0.2) is 0 Å². The Morgan fingerprint density at radius 3 is 2.71 bits per heavy atom. The molecule has 1 amide bonds. The van der Waals surface area contributed by atoms with Gasteiger partial charge in [-0.2, -0.15) is 0 Å². The summed E-state index contributed by atoms with van der Waals surface area (Å²) in [5.41, 5.74) is 6.99. The third-order valence-electron chi connectivity index (χ3n) is 8.13. The molecule has 34 heavy (non-hydrogen) atoms. The van der Waals surface area contributed by atoms with Crippen LogP contribution in [0.15, 0.2) is 29.3 Å². The highest BCUT2D eigenvalue weighted by Crippen LogP contribution is 2.42. The molecule has 1 aliphatic carbocycles. The third kappa shape index (κ3) is 4.65. The highest BCUT2D eigenvalue weighted by molar-refractivity contribution is 6.06. The highest BCUT2D eigenvalue weighted by atomic mass is 16.5. The number of H-pyrrole nitrogens is 1. The molecule has 6 heteroatoms. The van der Waals surface area contributed by atoms with Crippen LogP contribution in [0.25, 0.3) is 10.9 Å². The maximum absolute atomic E-state index is 13.2. The largest absolute Gasteiger partial charge is 0.468 e. The van der Waals surface area contributed by atoms with Crippen LogP contribution >= 0.6 is 0 Å². The van der Waals surface area contributed by atoms with Crippen molar-refractivity contribution in [2.24, 2.45) is 5.41 Å². The van der Waals surface area contributed by atoms with Crippen molar-refractivity contribution in [1.82, 2.24) is 15.2 Å². The van der Waals surface area contributed by atoms with Crippen LogP contribution in [0.3, 0.4) is 0 Å². The number of fused-ring (bicyclic) bond motifs is 1. The van der Waals surface area contributed by atoms with Crippen molar-refractivity contribution in [3.63, 3.8) is 0 Å². The summed E-state index contributed by atoms with van der Waals surface area (Å²) in [7, 11) is 1.44. The second-order valence-electron chi connectivity index (χ2n) is 10.8. The van der Waals surface area contributed by atoms with Crippen molar-refractivity contribution < 1.29 is 14.3 Å². The van der Waals surface area contributed by atoms with Gasteiger partial charge in [-0.05, 0) is 69.9 Å². The molecule has 1 aromatic heterocycles. The lowest BCUT2D eigenvalue weighted by atomic mass is 9.71. The number of hydrogen-bond acceptors (Lipinski definition) is 4. The summed E-state index contributed by atoms with van der Waals surface area (Å²) >= 11 is 0. The van der Waals surface area contributed by atoms with E-state index in [9.17, 15) is 9.59 Å². The summed E-state index contributed by atoms with van der Waals surface area (Å²) in [5, 5.41) is 4.27. The van der Waals surface area contributed by atoms with Gasteiger partial charge >= 0.3 is 5.97 Å². The molecule has 2 heterocycles. The van der Waals surface area contributed by atoms with E-state index in [0.29, 0.717) is 18.5 Å². The standard InChI is InChI=1S/C28H39N3O3/c1-17-9-8-13-28(4,5)23(17)12-14-31-16-20(15-24(31)27(33)34-6)30-26(32)22-11-7-10-21-18(2)19(3)29-25(21)22/h7,10-11,20,24,29H,8-9,12-16H2,1-6H3,(H,30,32)/t20-,24+/m1/s1. The van der Waals surface area contributed by atoms with Crippen molar-refractivity contribution in [1.29, 1.82) is 0 Å². The van der Waals surface area contributed by atoms with E-state index in [1.54, 1.807) is 0 Å². The van der Waals surface area contributed by atoms with Gasteiger partial charge in [0.25, 0.3) is 5.91 Å². The van der Waals surface area contributed by atoms with Gasteiger partial charge in [0.1, 0.15) is 6.04 Å². The molecule has 1 aromatic carbocycles. The second-order valence-corrected chi connectivity index (χ2v) is 10.8. The zero-order valence-electron chi connectivity index (χ0n) is 21.5. The van der Waals surface area contributed by atoms with Crippen molar-refractivity contribution in [2.75, 3.05) is 20.2 Å². The minimum absolute atomic E-state index is 0.0987. The van der Waals surface area contributed by atoms with Crippen molar-refractivity contribution in [2.45, 2.75) is 78.8 Å². The number of hydrogen-bond donors (Lipinski definition) is 2. The first kappa shape index (κ1) is 24.5. The number of nitrogens with zero attached hydrogens (tertiary/aromatic N) is 1. The Morgan fingerprint density at radius 2 is 2.00 bits per heavy atom. The van der Waals surface area contributed by atoms with Crippen LogP contribution in [0.5, 0.6) is 0 Å². The fourth-order valence-corrected chi connectivity index (χ4v) is 6.05. The lowest BCUT2D eigenvalue weighted by Gasteiger charge is -2.36. The molecule has 6 nitrogen and oxygen atoms in total. The summed E-state index contributed by atoms with van der Waals surface area (Å²) in [5.74, 6) is -0.322. The number of ether oxygens (including phenoxy) is 1. The average molecular weight is 466 g/mol. The Hall–Kier alpha value is -2.60. The molecule has 2 aliphatic rings. The summed E-state index contributed by atoms with van der Waals surface area (Å²) in [6.07, 6.45) is 5.15. The first-order valence-electron chi connectivity index (χ1n) is 12.5. The van der Waals surface area contributed by atoms with Gasteiger partial charge in [-0.1, -0.05) is 37.1 Å². The predicted molar refractivity (Wildman–Crippen MR) is 136 cm³/mol. The number of carbonyl (C=O) groups excluding carboxylic acids is 2. The van der Waals surface area contributed by atoms with Gasteiger partial charge in [0, 0.05) is 30.2 Å². The molecule has 2 aromatic rings. The Labute approximate surface area is 203 Å². The van der Waals surface area contributed by atoms with Crippen LogP contribution < -0.4 is 5.32 Å². The Bertz CT molecular complexity index is 1130. The first-order chi connectivity index (χ1) is 16.1. The Balaban J connectivity index is 1.48. The first-order valence-corrected chi connectivity index (χ1v) is 12.5. The van der Waals surface area contributed by atoms with Gasteiger partial charge in [0.2, 0.25) is 0 Å². The molecule has 0 saturated carbocycles. The maximum atomic E-state index is 13.2. The van der Waals surface area contributed by atoms with Crippen molar-refractivity contribution in [3.8, 4) is 0 Å². The molecule has 4 rings (SSSR count). The minimum Gasteiger partial charge on any atom is -0.468 e. The smallest absolute Gasteiger partial charge is 0.323 e. The van der Waals surface area contributed by atoms with E-state index < -0.39 is 0 Å². The number of carbonyl (C=O) groups is 2.